The monoisotopic (exact) mass is 348 g/mol. The summed E-state index contributed by atoms with van der Waals surface area (Å²) in [4.78, 5) is 14.2. The minimum Gasteiger partial charge on any atom is -0.421 e. The lowest BCUT2D eigenvalue weighted by molar-refractivity contribution is 0.524. The summed E-state index contributed by atoms with van der Waals surface area (Å²) in [5.41, 5.74) is 0.119. The second kappa shape index (κ2) is 6.57. The zero-order valence-electron chi connectivity index (χ0n) is 13.1. The summed E-state index contributed by atoms with van der Waals surface area (Å²) >= 11 is 1.50. The third kappa shape index (κ3) is 3.08. The Morgan fingerprint density at radius 3 is 2.28 bits per heavy atom. The van der Waals surface area contributed by atoms with E-state index in [1.807, 2.05) is 42.5 Å². The molecule has 0 unspecified atom stereocenters. The number of halogens is 1. The molecule has 4 aromatic rings. The van der Waals surface area contributed by atoms with Crippen molar-refractivity contribution in [2.24, 2.45) is 0 Å². The van der Waals surface area contributed by atoms with Crippen LogP contribution in [-0.4, -0.2) is 0 Å². The molecule has 0 fully saturated rings. The molecule has 0 atom stereocenters. The zero-order valence-corrected chi connectivity index (χ0v) is 13.9. The molecule has 0 aliphatic rings. The standard InChI is InChI=1S/C21H13FO2S/c22-15-8-6-7-14(13-15)19-20(25-16-9-2-1-3-10-16)17-11-4-5-12-18(17)21(23)24-19/h1-13H. The third-order valence-corrected chi connectivity index (χ3v) is 4.96. The smallest absolute Gasteiger partial charge is 0.344 e. The van der Waals surface area contributed by atoms with Crippen LogP contribution in [0.25, 0.3) is 22.1 Å². The van der Waals surface area contributed by atoms with Crippen molar-refractivity contribution in [3.8, 4) is 11.3 Å². The van der Waals surface area contributed by atoms with Gasteiger partial charge >= 0.3 is 5.63 Å². The second-order valence-corrected chi connectivity index (χ2v) is 6.60. The van der Waals surface area contributed by atoms with Crippen LogP contribution in [0.15, 0.2) is 97.9 Å². The van der Waals surface area contributed by atoms with Crippen molar-refractivity contribution < 1.29 is 8.81 Å². The van der Waals surface area contributed by atoms with Crippen LogP contribution in [-0.2, 0) is 0 Å². The van der Waals surface area contributed by atoms with Crippen LogP contribution in [0.2, 0.25) is 0 Å². The van der Waals surface area contributed by atoms with Gasteiger partial charge in [0.05, 0.1) is 10.3 Å². The maximum atomic E-state index is 13.7. The highest BCUT2D eigenvalue weighted by atomic mass is 32.2. The normalized spacial score (nSPS) is 10.9. The summed E-state index contributed by atoms with van der Waals surface area (Å²) in [7, 11) is 0. The fourth-order valence-electron chi connectivity index (χ4n) is 2.70. The molecule has 122 valence electrons. The van der Waals surface area contributed by atoms with Crippen LogP contribution in [0.1, 0.15) is 0 Å². The van der Waals surface area contributed by atoms with Crippen LogP contribution in [0.3, 0.4) is 0 Å². The van der Waals surface area contributed by atoms with Crippen molar-refractivity contribution in [1.82, 2.24) is 0 Å². The molecule has 0 saturated carbocycles. The van der Waals surface area contributed by atoms with Crippen molar-refractivity contribution in [2.75, 3.05) is 0 Å². The van der Waals surface area contributed by atoms with E-state index in [0.717, 1.165) is 15.2 Å². The van der Waals surface area contributed by atoms with E-state index >= 15 is 0 Å². The fraction of sp³-hybridized carbons (Fsp3) is 0. The molecule has 2 nitrogen and oxygen atoms in total. The minimum atomic E-state index is -0.424. The van der Waals surface area contributed by atoms with Gasteiger partial charge in [-0.05, 0) is 30.3 Å². The Balaban J connectivity index is 2.01. The molecule has 0 amide bonds. The summed E-state index contributed by atoms with van der Waals surface area (Å²) in [5.74, 6) is 0.0148. The van der Waals surface area contributed by atoms with Gasteiger partial charge in [-0.25, -0.2) is 9.18 Å². The Bertz CT molecular complexity index is 1100. The van der Waals surface area contributed by atoms with E-state index in [-0.39, 0.29) is 5.82 Å². The van der Waals surface area contributed by atoms with Crippen molar-refractivity contribution in [1.29, 1.82) is 0 Å². The van der Waals surface area contributed by atoms with Crippen LogP contribution < -0.4 is 5.63 Å². The molecule has 0 aliphatic carbocycles. The van der Waals surface area contributed by atoms with Gasteiger partial charge in [0.25, 0.3) is 0 Å². The van der Waals surface area contributed by atoms with E-state index in [4.69, 9.17) is 4.42 Å². The van der Waals surface area contributed by atoms with E-state index in [1.165, 1.54) is 23.9 Å². The number of fused-ring (bicyclic) bond motifs is 1. The molecule has 0 radical (unpaired) electrons. The van der Waals surface area contributed by atoms with E-state index in [9.17, 15) is 9.18 Å². The average Bonchev–Trinajstić information content (AvgIpc) is 2.65. The van der Waals surface area contributed by atoms with Gasteiger partial charge in [0, 0.05) is 15.8 Å². The predicted molar refractivity (Wildman–Crippen MR) is 98.4 cm³/mol. The molecule has 1 aromatic heterocycles. The number of rotatable bonds is 3. The summed E-state index contributed by atoms with van der Waals surface area (Å²) in [6.07, 6.45) is 0. The largest absolute Gasteiger partial charge is 0.421 e. The first-order valence-electron chi connectivity index (χ1n) is 7.77. The number of hydrogen-bond acceptors (Lipinski definition) is 3. The molecule has 0 aliphatic heterocycles. The molecule has 0 bridgehead atoms. The molecule has 0 saturated heterocycles. The van der Waals surface area contributed by atoms with Crippen molar-refractivity contribution in [2.45, 2.75) is 9.79 Å². The van der Waals surface area contributed by atoms with Crippen LogP contribution in [0.5, 0.6) is 0 Å². The van der Waals surface area contributed by atoms with Gasteiger partial charge in [-0.3, -0.25) is 0 Å². The fourth-order valence-corrected chi connectivity index (χ4v) is 3.77. The van der Waals surface area contributed by atoms with E-state index in [1.54, 1.807) is 24.3 Å². The first-order chi connectivity index (χ1) is 12.2. The molecule has 1 heterocycles. The highest BCUT2D eigenvalue weighted by Gasteiger charge is 2.17. The van der Waals surface area contributed by atoms with Crippen LogP contribution >= 0.6 is 11.8 Å². The molecule has 25 heavy (non-hydrogen) atoms. The first kappa shape index (κ1) is 15.7. The summed E-state index contributed by atoms with van der Waals surface area (Å²) in [5, 5.41) is 1.31. The summed E-state index contributed by atoms with van der Waals surface area (Å²) in [6, 6.07) is 23.2. The summed E-state index contributed by atoms with van der Waals surface area (Å²) in [6.45, 7) is 0. The topological polar surface area (TPSA) is 30.2 Å². The second-order valence-electron chi connectivity index (χ2n) is 5.52. The predicted octanol–water partition coefficient (Wildman–Crippen LogP) is 5.75. The Morgan fingerprint density at radius 1 is 0.800 bits per heavy atom. The third-order valence-electron chi connectivity index (χ3n) is 3.84. The maximum absolute atomic E-state index is 13.7. The molecule has 4 heteroatoms. The van der Waals surface area contributed by atoms with Gasteiger partial charge in [0.2, 0.25) is 0 Å². The van der Waals surface area contributed by atoms with Gasteiger partial charge in [-0.15, -0.1) is 0 Å². The Hall–Kier alpha value is -2.85. The zero-order chi connectivity index (χ0) is 17.2. The van der Waals surface area contributed by atoms with Gasteiger partial charge < -0.3 is 4.42 Å². The van der Waals surface area contributed by atoms with Gasteiger partial charge in [-0.1, -0.05) is 60.3 Å². The van der Waals surface area contributed by atoms with Crippen molar-refractivity contribution >= 4 is 22.5 Å². The Labute approximate surface area is 147 Å². The highest BCUT2D eigenvalue weighted by molar-refractivity contribution is 7.99. The highest BCUT2D eigenvalue weighted by Crippen LogP contribution is 2.39. The Morgan fingerprint density at radius 2 is 1.52 bits per heavy atom. The van der Waals surface area contributed by atoms with Crippen LogP contribution in [0.4, 0.5) is 4.39 Å². The van der Waals surface area contributed by atoms with Gasteiger partial charge in [0.1, 0.15) is 5.82 Å². The number of benzene rings is 3. The van der Waals surface area contributed by atoms with Gasteiger partial charge in [0.15, 0.2) is 5.76 Å². The number of hydrogen-bond donors (Lipinski definition) is 0. The van der Waals surface area contributed by atoms with Gasteiger partial charge in [-0.2, -0.15) is 0 Å². The lowest BCUT2D eigenvalue weighted by Crippen LogP contribution is -2.02. The maximum Gasteiger partial charge on any atom is 0.344 e. The molecule has 0 N–H and O–H groups in total. The van der Waals surface area contributed by atoms with E-state index < -0.39 is 5.63 Å². The van der Waals surface area contributed by atoms with Crippen LogP contribution in [0, 0.1) is 5.82 Å². The molecule has 0 spiro atoms. The van der Waals surface area contributed by atoms with Crippen molar-refractivity contribution in [3.63, 3.8) is 0 Å². The molecule has 3 aromatic carbocycles. The molecular formula is C21H13FO2S. The quantitative estimate of drug-likeness (QED) is 0.472. The SMILES string of the molecule is O=c1oc(-c2cccc(F)c2)c(Sc2ccccc2)c2ccccc12. The van der Waals surface area contributed by atoms with Crippen molar-refractivity contribution in [3.05, 3.63) is 95.1 Å². The molecule has 4 rings (SSSR count). The average molecular weight is 348 g/mol. The Kier molecular flexibility index (Phi) is 4.12. The summed E-state index contributed by atoms with van der Waals surface area (Å²) < 4.78 is 19.3. The molecular weight excluding hydrogens is 335 g/mol. The lowest BCUT2D eigenvalue weighted by atomic mass is 10.1. The first-order valence-corrected chi connectivity index (χ1v) is 8.59. The lowest BCUT2D eigenvalue weighted by Gasteiger charge is -2.11. The minimum absolute atomic E-state index is 0.371. The van der Waals surface area contributed by atoms with E-state index in [0.29, 0.717) is 16.7 Å². The van der Waals surface area contributed by atoms with E-state index in [2.05, 4.69) is 0 Å².